The second-order valence-corrected chi connectivity index (χ2v) is 6.73. The van der Waals surface area contributed by atoms with Gasteiger partial charge in [-0.2, -0.15) is 0 Å². The van der Waals surface area contributed by atoms with E-state index in [2.05, 4.69) is 4.98 Å². The lowest BCUT2D eigenvalue weighted by atomic mass is 10.1. The van der Waals surface area contributed by atoms with Gasteiger partial charge in [0.1, 0.15) is 6.33 Å². The van der Waals surface area contributed by atoms with Crippen LogP contribution in [0.3, 0.4) is 0 Å². The average Bonchev–Trinajstić information content (AvgIpc) is 2.96. The predicted molar refractivity (Wildman–Crippen MR) is 69.8 cm³/mol. The first-order chi connectivity index (χ1) is 7.86. The normalized spacial score (nSPS) is 20.1. The molecule has 1 unspecified atom stereocenters. The van der Waals surface area contributed by atoms with Gasteiger partial charge >= 0.3 is 0 Å². The van der Waals surface area contributed by atoms with Crippen LogP contribution in [0, 0.1) is 0 Å². The van der Waals surface area contributed by atoms with Crippen LogP contribution in [0.25, 0.3) is 0 Å². The molecule has 0 amide bonds. The van der Waals surface area contributed by atoms with Crippen LogP contribution in [0.2, 0.25) is 0 Å². The van der Waals surface area contributed by atoms with Gasteiger partial charge in [-0.05, 0) is 19.3 Å². The average molecular weight is 256 g/mol. The number of carbonyl (C=O) groups excluding carboxylic acids is 1. The molecule has 1 aliphatic rings. The molecule has 0 aliphatic carbocycles. The highest BCUT2D eigenvalue weighted by Gasteiger charge is 2.15. The monoisotopic (exact) mass is 256 g/mol. The van der Waals surface area contributed by atoms with E-state index in [1.165, 1.54) is 25.0 Å². The fourth-order valence-corrected chi connectivity index (χ4v) is 4.78. The van der Waals surface area contributed by atoms with Gasteiger partial charge in [0, 0.05) is 29.8 Å². The summed E-state index contributed by atoms with van der Waals surface area (Å²) in [7, 11) is 4.00. The van der Waals surface area contributed by atoms with E-state index in [4.69, 9.17) is 0 Å². The molecule has 2 heterocycles. The lowest BCUT2D eigenvalue weighted by molar-refractivity contribution is 0.0899. The highest BCUT2D eigenvalue weighted by Crippen LogP contribution is 2.39. The van der Waals surface area contributed by atoms with Crippen molar-refractivity contribution in [2.24, 2.45) is 0 Å². The highest BCUT2D eigenvalue weighted by atomic mass is 33.1. The summed E-state index contributed by atoms with van der Waals surface area (Å²) < 4.78 is 1.57. The van der Waals surface area contributed by atoms with Gasteiger partial charge in [-0.3, -0.25) is 9.36 Å². The summed E-state index contributed by atoms with van der Waals surface area (Å²) >= 11 is 0. The van der Waals surface area contributed by atoms with E-state index in [0.717, 1.165) is 11.7 Å². The lowest BCUT2D eigenvalue weighted by Crippen LogP contribution is -2.08. The molecule has 0 N–H and O–H groups in total. The Hall–Kier alpha value is -0.420. The third kappa shape index (κ3) is 3.56. The number of carbonyl (C=O) groups is 1. The van der Waals surface area contributed by atoms with Crippen LogP contribution in [0.5, 0.6) is 0 Å². The number of hydrogen-bond acceptors (Lipinski definition) is 4. The molecule has 0 aromatic carbocycles. The molecule has 1 aromatic rings. The smallest absolute Gasteiger partial charge is 0.231 e. The fraction of sp³-hybridized carbons (Fsp3) is 0.636. The van der Waals surface area contributed by atoms with Gasteiger partial charge in [-0.15, -0.1) is 0 Å². The molecule has 0 saturated carbocycles. The zero-order valence-corrected chi connectivity index (χ0v) is 10.8. The molecule has 2 rings (SSSR count). The highest BCUT2D eigenvalue weighted by molar-refractivity contribution is 8.77. The quantitative estimate of drug-likeness (QED) is 0.598. The van der Waals surface area contributed by atoms with Gasteiger partial charge < -0.3 is 0 Å². The summed E-state index contributed by atoms with van der Waals surface area (Å²) in [6.45, 7) is 0. The molecule has 16 heavy (non-hydrogen) atoms. The first kappa shape index (κ1) is 12.0. The first-order valence-electron chi connectivity index (χ1n) is 5.65. The van der Waals surface area contributed by atoms with Gasteiger partial charge in [0.15, 0.2) is 0 Å². The number of aromatic nitrogens is 2. The Bertz CT molecular complexity index is 321. The molecule has 0 spiro atoms. The molecular formula is C11H16N2OS2. The van der Waals surface area contributed by atoms with Crippen LogP contribution in [-0.4, -0.2) is 26.5 Å². The largest absolute Gasteiger partial charge is 0.276 e. The number of imidazole rings is 1. The minimum absolute atomic E-state index is 0.158. The van der Waals surface area contributed by atoms with E-state index in [9.17, 15) is 4.79 Å². The topological polar surface area (TPSA) is 34.9 Å². The summed E-state index contributed by atoms with van der Waals surface area (Å²) in [4.78, 5) is 15.5. The van der Waals surface area contributed by atoms with E-state index in [0.29, 0.717) is 6.42 Å². The second kappa shape index (κ2) is 6.35. The predicted octanol–water partition coefficient (Wildman–Crippen LogP) is 3.24. The van der Waals surface area contributed by atoms with Crippen LogP contribution in [0.15, 0.2) is 18.7 Å². The Morgan fingerprint density at radius 2 is 2.44 bits per heavy atom. The third-order valence-electron chi connectivity index (χ3n) is 2.69. The van der Waals surface area contributed by atoms with Gasteiger partial charge in [-0.1, -0.05) is 28.0 Å². The van der Waals surface area contributed by atoms with Gasteiger partial charge in [0.05, 0.1) is 0 Å². The Labute approximate surface area is 104 Å². The maximum absolute atomic E-state index is 11.6. The van der Waals surface area contributed by atoms with Crippen molar-refractivity contribution in [2.45, 2.75) is 37.4 Å². The zero-order valence-electron chi connectivity index (χ0n) is 9.17. The Morgan fingerprint density at radius 3 is 3.12 bits per heavy atom. The summed E-state index contributed by atoms with van der Waals surface area (Å²) in [6, 6.07) is 0. The summed E-state index contributed by atoms with van der Waals surface area (Å²) in [6.07, 6.45) is 10.3. The van der Waals surface area contributed by atoms with Crippen molar-refractivity contribution < 1.29 is 4.79 Å². The van der Waals surface area contributed by atoms with Crippen molar-refractivity contribution in [1.82, 2.24) is 9.55 Å². The van der Waals surface area contributed by atoms with Crippen molar-refractivity contribution in [3.8, 4) is 0 Å². The number of nitrogens with zero attached hydrogens (tertiary/aromatic N) is 2. The van der Waals surface area contributed by atoms with Gasteiger partial charge in [0.2, 0.25) is 5.91 Å². The second-order valence-electron chi connectivity index (χ2n) is 3.94. The third-order valence-corrected chi connectivity index (χ3v) is 5.69. The van der Waals surface area contributed by atoms with Gasteiger partial charge in [-0.25, -0.2) is 4.98 Å². The Kier molecular flexibility index (Phi) is 4.78. The van der Waals surface area contributed by atoms with Crippen LogP contribution in [0.4, 0.5) is 0 Å². The number of hydrogen-bond donors (Lipinski definition) is 0. The van der Waals surface area contributed by atoms with E-state index in [1.54, 1.807) is 23.3 Å². The van der Waals surface area contributed by atoms with Crippen molar-refractivity contribution in [1.29, 1.82) is 0 Å². The molecule has 0 radical (unpaired) electrons. The molecule has 1 aliphatic heterocycles. The molecule has 5 heteroatoms. The number of unbranched alkanes of at least 4 members (excludes halogenated alkanes) is 1. The molecule has 1 saturated heterocycles. The number of rotatable bonds is 5. The molecular weight excluding hydrogens is 240 g/mol. The molecule has 1 aromatic heterocycles. The Balaban J connectivity index is 1.59. The van der Waals surface area contributed by atoms with E-state index in [1.807, 2.05) is 21.6 Å². The molecule has 0 bridgehead atoms. The maximum Gasteiger partial charge on any atom is 0.231 e. The van der Waals surface area contributed by atoms with Crippen molar-refractivity contribution >= 4 is 27.5 Å². The molecule has 1 fully saturated rings. The fourth-order valence-electron chi connectivity index (χ4n) is 1.75. The zero-order chi connectivity index (χ0) is 11.2. The minimum atomic E-state index is 0.158. The van der Waals surface area contributed by atoms with E-state index < -0.39 is 0 Å². The van der Waals surface area contributed by atoms with Crippen LogP contribution < -0.4 is 0 Å². The van der Waals surface area contributed by atoms with E-state index >= 15 is 0 Å². The van der Waals surface area contributed by atoms with Crippen molar-refractivity contribution in [3.05, 3.63) is 18.7 Å². The van der Waals surface area contributed by atoms with E-state index in [-0.39, 0.29) is 5.91 Å². The molecule has 3 nitrogen and oxygen atoms in total. The van der Waals surface area contributed by atoms with Crippen LogP contribution >= 0.6 is 21.6 Å². The summed E-state index contributed by atoms with van der Waals surface area (Å²) in [5, 5.41) is 0.827. The minimum Gasteiger partial charge on any atom is -0.276 e. The molecule has 1 atom stereocenters. The Morgan fingerprint density at radius 1 is 1.50 bits per heavy atom. The first-order valence-corrected chi connectivity index (χ1v) is 8.04. The van der Waals surface area contributed by atoms with Crippen molar-refractivity contribution in [3.63, 3.8) is 0 Å². The standard InChI is InChI=1S/C11H16N2OS2/c14-11(13-7-6-12-9-13)4-2-1-3-10-5-8-15-16-10/h6-7,9-10H,1-5,8H2. The van der Waals surface area contributed by atoms with Crippen molar-refractivity contribution in [2.75, 3.05) is 5.75 Å². The summed E-state index contributed by atoms with van der Waals surface area (Å²) in [5.41, 5.74) is 0. The summed E-state index contributed by atoms with van der Waals surface area (Å²) in [5.74, 6) is 1.45. The van der Waals surface area contributed by atoms with Crippen LogP contribution in [-0.2, 0) is 0 Å². The molecule has 88 valence electrons. The maximum atomic E-state index is 11.6. The van der Waals surface area contributed by atoms with Crippen LogP contribution in [0.1, 0.15) is 36.9 Å². The van der Waals surface area contributed by atoms with Gasteiger partial charge in [0.25, 0.3) is 0 Å². The lowest BCUT2D eigenvalue weighted by Gasteiger charge is -2.06. The SMILES string of the molecule is O=C(CCCCC1CCSS1)n1ccnc1.